The van der Waals surface area contributed by atoms with Crippen LogP contribution in [-0.4, -0.2) is 9.55 Å². The van der Waals surface area contributed by atoms with Gasteiger partial charge in [0.2, 0.25) is 0 Å². The zero-order valence-corrected chi connectivity index (χ0v) is 8.55. The fraction of sp³-hybridized carbons (Fsp3) is 0.100. The predicted molar refractivity (Wildman–Crippen MR) is 52.4 cm³/mol. The molecule has 0 aliphatic carbocycles. The lowest BCUT2D eigenvalue weighted by molar-refractivity contribution is -0.137. The van der Waals surface area contributed by atoms with Crippen LogP contribution >= 0.6 is 11.6 Å². The summed E-state index contributed by atoms with van der Waals surface area (Å²) in [5.41, 5.74) is -0.864. The second kappa shape index (κ2) is 3.83. The van der Waals surface area contributed by atoms with E-state index in [1.165, 1.54) is 10.8 Å². The highest BCUT2D eigenvalue weighted by atomic mass is 35.5. The average Bonchev–Trinajstić information content (AvgIpc) is 2.69. The molecule has 0 aliphatic heterocycles. The van der Waals surface area contributed by atoms with Gasteiger partial charge in [-0.3, -0.25) is 0 Å². The number of hydrogen-bond acceptors (Lipinski definition) is 1. The van der Waals surface area contributed by atoms with Crippen LogP contribution < -0.4 is 0 Å². The Morgan fingerprint density at radius 2 is 2.12 bits per heavy atom. The quantitative estimate of drug-likeness (QED) is 0.753. The van der Waals surface area contributed by atoms with Gasteiger partial charge in [0.05, 0.1) is 10.6 Å². The van der Waals surface area contributed by atoms with Gasteiger partial charge >= 0.3 is 6.18 Å². The molecule has 2 heterocycles. The summed E-state index contributed by atoms with van der Waals surface area (Å²) in [6, 6.07) is 5.20. The van der Waals surface area contributed by atoms with Gasteiger partial charge in [0.25, 0.3) is 0 Å². The maximum atomic E-state index is 12.3. The number of alkyl halides is 3. The number of pyridine rings is 1. The Hall–Kier alpha value is -1.49. The molecule has 0 amide bonds. The van der Waals surface area contributed by atoms with Crippen LogP contribution in [0.25, 0.3) is 5.82 Å². The third kappa shape index (κ3) is 2.04. The molecule has 0 aliphatic rings. The summed E-state index contributed by atoms with van der Waals surface area (Å²) < 4.78 is 38.5. The fourth-order valence-corrected chi connectivity index (χ4v) is 1.46. The second-order valence-electron chi connectivity index (χ2n) is 3.05. The van der Waals surface area contributed by atoms with Crippen LogP contribution in [0.5, 0.6) is 0 Å². The standard InChI is InChI=1S/C10H5ClF3N2/c11-8-5-7(10(12,13)14)6-15-9(8)16-3-1-2-4-16/h1,3-6H. The van der Waals surface area contributed by atoms with Gasteiger partial charge in [-0.2, -0.15) is 13.2 Å². The summed E-state index contributed by atoms with van der Waals surface area (Å²) in [4.78, 5) is 3.68. The molecule has 1 radical (unpaired) electrons. The molecule has 0 saturated heterocycles. The van der Waals surface area contributed by atoms with E-state index in [-0.39, 0.29) is 10.8 Å². The molecule has 0 N–H and O–H groups in total. The minimum Gasteiger partial charge on any atom is -0.307 e. The van der Waals surface area contributed by atoms with Crippen LogP contribution in [0, 0.1) is 6.07 Å². The maximum Gasteiger partial charge on any atom is 0.417 e. The summed E-state index contributed by atoms with van der Waals surface area (Å²) in [6.07, 6.45) is -0.553. The molecule has 0 unspecified atom stereocenters. The molecule has 0 fully saturated rings. The number of hydrogen-bond donors (Lipinski definition) is 0. The molecule has 0 aromatic carbocycles. The van der Waals surface area contributed by atoms with Crippen molar-refractivity contribution in [1.29, 1.82) is 0 Å². The van der Waals surface area contributed by atoms with Gasteiger partial charge in [-0.1, -0.05) is 11.6 Å². The van der Waals surface area contributed by atoms with Gasteiger partial charge in [-0.15, -0.1) is 0 Å². The Morgan fingerprint density at radius 1 is 1.38 bits per heavy atom. The van der Waals surface area contributed by atoms with Crippen LogP contribution in [0.3, 0.4) is 0 Å². The summed E-state index contributed by atoms with van der Waals surface area (Å²) in [6.45, 7) is 0. The molecule has 2 rings (SSSR count). The normalized spacial score (nSPS) is 11.8. The van der Waals surface area contributed by atoms with Crippen LogP contribution in [-0.2, 0) is 6.18 Å². The molecular formula is C10H5ClF3N2. The number of rotatable bonds is 1. The van der Waals surface area contributed by atoms with Gasteiger partial charge in [-0.25, -0.2) is 4.98 Å². The molecule has 16 heavy (non-hydrogen) atoms. The van der Waals surface area contributed by atoms with E-state index in [0.717, 1.165) is 12.3 Å². The third-order valence-corrected chi connectivity index (χ3v) is 2.22. The van der Waals surface area contributed by atoms with Gasteiger partial charge in [0, 0.05) is 24.7 Å². The van der Waals surface area contributed by atoms with E-state index in [2.05, 4.69) is 11.1 Å². The molecule has 0 bridgehead atoms. The van der Waals surface area contributed by atoms with Crippen molar-refractivity contribution < 1.29 is 13.2 Å². The Bertz CT molecular complexity index is 491. The first-order chi connectivity index (χ1) is 7.48. The summed E-state index contributed by atoms with van der Waals surface area (Å²) in [7, 11) is 0. The summed E-state index contributed by atoms with van der Waals surface area (Å²) in [5.74, 6) is 0.246. The monoisotopic (exact) mass is 245 g/mol. The molecule has 0 spiro atoms. The van der Waals surface area contributed by atoms with E-state index in [1.54, 1.807) is 12.3 Å². The summed E-state index contributed by atoms with van der Waals surface area (Å²) in [5, 5.41) is -0.0561. The average molecular weight is 246 g/mol. The third-order valence-electron chi connectivity index (χ3n) is 1.94. The molecule has 2 aromatic rings. The highest BCUT2D eigenvalue weighted by molar-refractivity contribution is 6.32. The van der Waals surface area contributed by atoms with Crippen LogP contribution in [0.1, 0.15) is 5.56 Å². The van der Waals surface area contributed by atoms with Crippen molar-refractivity contribution in [3.8, 4) is 5.82 Å². The molecule has 0 atom stereocenters. The molecule has 2 aromatic heterocycles. The van der Waals surface area contributed by atoms with Crippen LogP contribution in [0.2, 0.25) is 5.02 Å². The van der Waals surface area contributed by atoms with Crippen molar-refractivity contribution in [3.63, 3.8) is 0 Å². The summed E-state index contributed by atoms with van der Waals surface area (Å²) >= 11 is 5.73. The Kier molecular flexibility index (Phi) is 2.63. The van der Waals surface area contributed by atoms with Crippen LogP contribution in [0.4, 0.5) is 13.2 Å². The minimum absolute atomic E-state index is 0.0561. The SMILES string of the molecule is FC(F)(F)c1cnc(-n2c[c]cc2)c(Cl)c1. The van der Waals surface area contributed by atoms with Crippen molar-refractivity contribution >= 4 is 11.6 Å². The second-order valence-corrected chi connectivity index (χ2v) is 3.45. The molecule has 0 saturated carbocycles. The molecule has 83 valence electrons. The largest absolute Gasteiger partial charge is 0.417 e. The first kappa shape index (κ1) is 11.0. The van der Waals surface area contributed by atoms with Crippen molar-refractivity contribution in [2.24, 2.45) is 0 Å². The number of halogens is 4. The maximum absolute atomic E-state index is 12.3. The zero-order valence-electron chi connectivity index (χ0n) is 7.79. The van der Waals surface area contributed by atoms with Gasteiger partial charge in [0.1, 0.15) is 0 Å². The van der Waals surface area contributed by atoms with Crippen molar-refractivity contribution in [2.45, 2.75) is 6.18 Å². The topological polar surface area (TPSA) is 17.8 Å². The van der Waals surface area contributed by atoms with E-state index in [1.807, 2.05) is 0 Å². The van der Waals surface area contributed by atoms with Gasteiger partial charge in [0.15, 0.2) is 5.82 Å². The molecule has 6 heteroatoms. The first-order valence-electron chi connectivity index (χ1n) is 4.25. The highest BCUT2D eigenvalue weighted by Crippen LogP contribution is 2.31. The smallest absolute Gasteiger partial charge is 0.307 e. The fourth-order valence-electron chi connectivity index (χ4n) is 1.20. The first-order valence-corrected chi connectivity index (χ1v) is 4.63. The van der Waals surface area contributed by atoms with E-state index in [0.29, 0.717) is 0 Å². The lowest BCUT2D eigenvalue weighted by Crippen LogP contribution is -2.07. The lowest BCUT2D eigenvalue weighted by Gasteiger charge is -2.09. The number of aromatic nitrogens is 2. The van der Waals surface area contributed by atoms with Gasteiger partial charge < -0.3 is 4.57 Å². The van der Waals surface area contributed by atoms with Crippen LogP contribution in [0.15, 0.2) is 30.7 Å². The van der Waals surface area contributed by atoms with Crippen molar-refractivity contribution in [1.82, 2.24) is 9.55 Å². The van der Waals surface area contributed by atoms with E-state index >= 15 is 0 Å². The van der Waals surface area contributed by atoms with Crippen molar-refractivity contribution in [2.75, 3.05) is 0 Å². The number of nitrogens with zero attached hydrogens (tertiary/aromatic N) is 2. The highest BCUT2D eigenvalue weighted by Gasteiger charge is 2.31. The minimum atomic E-state index is -4.43. The Labute approximate surface area is 94.3 Å². The van der Waals surface area contributed by atoms with Crippen molar-refractivity contribution in [3.05, 3.63) is 47.4 Å². The lowest BCUT2D eigenvalue weighted by atomic mass is 10.3. The van der Waals surface area contributed by atoms with E-state index in [4.69, 9.17) is 11.6 Å². The molecular weight excluding hydrogens is 241 g/mol. The Balaban J connectivity index is 2.46. The predicted octanol–water partition coefficient (Wildman–Crippen LogP) is 3.34. The molecule has 2 nitrogen and oxygen atoms in total. The Morgan fingerprint density at radius 3 is 2.62 bits per heavy atom. The van der Waals surface area contributed by atoms with E-state index in [9.17, 15) is 13.2 Å². The zero-order chi connectivity index (χ0) is 11.8. The van der Waals surface area contributed by atoms with Gasteiger partial charge in [-0.05, 0) is 12.1 Å². The van der Waals surface area contributed by atoms with E-state index < -0.39 is 11.7 Å².